The fourth-order valence-electron chi connectivity index (χ4n) is 2.31. The lowest BCUT2D eigenvalue weighted by Gasteiger charge is -2.56. The second kappa shape index (κ2) is 5.71. The molecule has 0 aromatic rings. The van der Waals surface area contributed by atoms with Gasteiger partial charge in [-0.05, 0) is 27.2 Å². The first kappa shape index (κ1) is 19.5. The van der Waals surface area contributed by atoms with Crippen molar-refractivity contribution in [1.82, 2.24) is 4.90 Å². The van der Waals surface area contributed by atoms with Crippen molar-refractivity contribution < 1.29 is 17.6 Å². The van der Waals surface area contributed by atoms with Crippen LogP contribution in [-0.4, -0.2) is 44.3 Å². The van der Waals surface area contributed by atoms with Crippen LogP contribution in [-0.2, 0) is 4.43 Å². The Morgan fingerprint density at radius 3 is 1.53 bits per heavy atom. The van der Waals surface area contributed by atoms with Gasteiger partial charge in [-0.15, -0.1) is 0 Å². The molecule has 0 fully saturated rings. The molecule has 0 aliphatic heterocycles. The molecule has 8 heteroatoms. The maximum absolute atomic E-state index is 13.3. The topological polar surface area (TPSA) is 12.5 Å². The Labute approximate surface area is 124 Å². The SMILES string of the molecule is CN(C)C(O[SiH](C)C)(C(C)(C)C)C(Cl)(Cl)C(F)(F)F. The lowest BCUT2D eigenvalue weighted by molar-refractivity contribution is -0.241. The van der Waals surface area contributed by atoms with Crippen molar-refractivity contribution in [2.24, 2.45) is 5.41 Å². The van der Waals surface area contributed by atoms with E-state index in [1.807, 2.05) is 0 Å². The zero-order chi connectivity index (χ0) is 15.9. The minimum atomic E-state index is -4.81. The molecule has 19 heavy (non-hydrogen) atoms. The van der Waals surface area contributed by atoms with Crippen LogP contribution in [0.5, 0.6) is 0 Å². The molecule has 0 amide bonds. The molecule has 0 rings (SSSR count). The summed E-state index contributed by atoms with van der Waals surface area (Å²) in [6, 6.07) is 0. The largest absolute Gasteiger partial charge is 0.425 e. The zero-order valence-electron chi connectivity index (χ0n) is 12.3. The summed E-state index contributed by atoms with van der Waals surface area (Å²) in [7, 11) is 1.15. The van der Waals surface area contributed by atoms with Crippen molar-refractivity contribution in [2.75, 3.05) is 14.1 Å². The molecule has 0 saturated carbocycles. The smallest absolute Gasteiger partial charge is 0.400 e. The van der Waals surface area contributed by atoms with E-state index < -0.39 is 30.7 Å². The second-order valence-corrected chi connectivity index (χ2v) is 9.69. The van der Waals surface area contributed by atoms with Gasteiger partial charge >= 0.3 is 6.18 Å². The fraction of sp³-hybridized carbons (Fsp3) is 1.00. The molecular weight excluding hydrogens is 318 g/mol. The van der Waals surface area contributed by atoms with Gasteiger partial charge in [0.1, 0.15) is 0 Å². The van der Waals surface area contributed by atoms with Crippen LogP contribution >= 0.6 is 23.2 Å². The van der Waals surface area contributed by atoms with Crippen LogP contribution in [0.15, 0.2) is 0 Å². The van der Waals surface area contributed by atoms with Crippen LogP contribution in [0, 0.1) is 5.41 Å². The Balaban J connectivity index is 6.16. The molecule has 0 aliphatic carbocycles. The molecule has 0 aliphatic rings. The van der Waals surface area contributed by atoms with E-state index in [-0.39, 0.29) is 0 Å². The number of alkyl halides is 5. The van der Waals surface area contributed by atoms with Gasteiger partial charge in [0.25, 0.3) is 4.33 Å². The normalized spacial score (nSPS) is 18.0. The first-order valence-electron chi connectivity index (χ1n) is 5.91. The summed E-state index contributed by atoms with van der Waals surface area (Å²) in [6.07, 6.45) is -4.81. The summed E-state index contributed by atoms with van der Waals surface area (Å²) in [5, 5.41) is 0. The maximum atomic E-state index is 13.3. The maximum Gasteiger partial charge on any atom is 0.425 e. The average Bonchev–Trinajstić information content (AvgIpc) is 2.08. The molecule has 0 aromatic carbocycles. The lowest BCUT2D eigenvalue weighted by Crippen LogP contribution is -2.71. The van der Waals surface area contributed by atoms with Gasteiger partial charge < -0.3 is 4.43 Å². The third-order valence-electron chi connectivity index (χ3n) is 2.83. The van der Waals surface area contributed by atoms with Crippen LogP contribution in [0.1, 0.15) is 20.8 Å². The third kappa shape index (κ3) is 3.40. The Morgan fingerprint density at radius 1 is 1.00 bits per heavy atom. The monoisotopic (exact) mass is 339 g/mol. The number of halogens is 5. The Bertz CT molecular complexity index is 316. The zero-order valence-corrected chi connectivity index (χ0v) is 15.0. The van der Waals surface area contributed by atoms with E-state index in [0.29, 0.717) is 0 Å². The van der Waals surface area contributed by atoms with E-state index in [9.17, 15) is 13.2 Å². The highest BCUT2D eigenvalue weighted by molar-refractivity contribution is 6.52. The van der Waals surface area contributed by atoms with Crippen LogP contribution in [0.4, 0.5) is 13.2 Å². The number of hydrogen-bond acceptors (Lipinski definition) is 2. The van der Waals surface area contributed by atoms with Gasteiger partial charge in [0.05, 0.1) is 0 Å². The summed E-state index contributed by atoms with van der Waals surface area (Å²) in [5.41, 5.74) is -2.80. The summed E-state index contributed by atoms with van der Waals surface area (Å²) in [5.74, 6) is 0. The molecule has 1 atom stereocenters. The highest BCUT2D eigenvalue weighted by Crippen LogP contribution is 2.56. The number of hydrogen-bond donors (Lipinski definition) is 0. The van der Waals surface area contributed by atoms with Gasteiger partial charge in [-0.1, -0.05) is 44.0 Å². The van der Waals surface area contributed by atoms with E-state index in [1.54, 1.807) is 33.9 Å². The van der Waals surface area contributed by atoms with Gasteiger partial charge in [-0.25, -0.2) is 0 Å². The van der Waals surface area contributed by atoms with Crippen LogP contribution in [0.2, 0.25) is 13.1 Å². The van der Waals surface area contributed by atoms with Crippen molar-refractivity contribution in [1.29, 1.82) is 0 Å². The second-order valence-electron chi connectivity index (χ2n) is 6.03. The molecule has 0 heterocycles. The quantitative estimate of drug-likeness (QED) is 0.435. The first-order valence-corrected chi connectivity index (χ1v) is 9.44. The molecular formula is C11H22Cl2F3NOSi. The molecule has 0 saturated heterocycles. The molecule has 0 N–H and O–H groups in total. The Morgan fingerprint density at radius 2 is 1.37 bits per heavy atom. The molecule has 0 aromatic heterocycles. The highest BCUT2D eigenvalue weighted by Gasteiger charge is 2.71. The van der Waals surface area contributed by atoms with E-state index in [2.05, 4.69) is 0 Å². The Hall–Kier alpha value is 0.507. The van der Waals surface area contributed by atoms with E-state index >= 15 is 0 Å². The minimum absolute atomic E-state index is 0.938. The van der Waals surface area contributed by atoms with Crippen molar-refractivity contribution in [2.45, 2.75) is 50.1 Å². The number of rotatable bonds is 4. The molecule has 0 spiro atoms. The van der Waals surface area contributed by atoms with Crippen molar-refractivity contribution in [3.05, 3.63) is 0 Å². The lowest BCUT2D eigenvalue weighted by atomic mass is 9.79. The summed E-state index contributed by atoms with van der Waals surface area (Å²) >= 11 is 11.5. The van der Waals surface area contributed by atoms with Crippen LogP contribution < -0.4 is 0 Å². The first-order chi connectivity index (χ1) is 8.11. The molecule has 0 bridgehead atoms. The fourth-order valence-corrected chi connectivity index (χ4v) is 4.88. The van der Waals surface area contributed by atoms with Crippen LogP contribution in [0.3, 0.4) is 0 Å². The van der Waals surface area contributed by atoms with Gasteiger partial charge in [0, 0.05) is 5.41 Å². The van der Waals surface area contributed by atoms with Crippen LogP contribution in [0.25, 0.3) is 0 Å². The molecule has 116 valence electrons. The molecule has 2 nitrogen and oxygen atoms in total. The highest BCUT2D eigenvalue weighted by atomic mass is 35.5. The predicted molar refractivity (Wildman–Crippen MR) is 76.3 cm³/mol. The average molecular weight is 340 g/mol. The predicted octanol–water partition coefficient (Wildman–Crippen LogP) is 4.03. The molecule has 1 unspecified atom stereocenters. The van der Waals surface area contributed by atoms with Crippen molar-refractivity contribution in [3.8, 4) is 0 Å². The number of nitrogens with zero attached hydrogens (tertiary/aromatic N) is 1. The van der Waals surface area contributed by atoms with Gasteiger partial charge in [0.2, 0.25) is 0 Å². The van der Waals surface area contributed by atoms with Crippen molar-refractivity contribution in [3.63, 3.8) is 0 Å². The summed E-state index contributed by atoms with van der Waals surface area (Å²) in [4.78, 5) is 1.33. The summed E-state index contributed by atoms with van der Waals surface area (Å²) < 4.78 is 42.7. The standard InChI is InChI=1S/C11H22Cl2F3NOSi/c1-8(2,3)10(17(4)5,18-19(6)7)9(12,13)11(14,15)16/h19H,1-7H3. The van der Waals surface area contributed by atoms with Crippen molar-refractivity contribution >= 4 is 32.2 Å². The van der Waals surface area contributed by atoms with Gasteiger partial charge in [0.15, 0.2) is 14.8 Å². The molecule has 0 radical (unpaired) electrons. The van der Waals surface area contributed by atoms with E-state index in [1.165, 1.54) is 19.0 Å². The van der Waals surface area contributed by atoms with Gasteiger partial charge in [-0.2, -0.15) is 13.2 Å². The Kier molecular flexibility index (Phi) is 5.87. The third-order valence-corrected chi connectivity index (χ3v) is 4.59. The minimum Gasteiger partial charge on any atom is -0.400 e. The van der Waals surface area contributed by atoms with E-state index in [0.717, 1.165) is 0 Å². The van der Waals surface area contributed by atoms with Gasteiger partial charge in [-0.3, -0.25) is 4.90 Å². The summed E-state index contributed by atoms with van der Waals surface area (Å²) in [6.45, 7) is 8.47. The van der Waals surface area contributed by atoms with E-state index in [4.69, 9.17) is 27.6 Å².